The Morgan fingerprint density at radius 1 is 1.22 bits per heavy atom. The molecule has 0 saturated heterocycles. The van der Waals surface area contributed by atoms with Gasteiger partial charge in [-0.2, -0.15) is 0 Å². The fourth-order valence-electron chi connectivity index (χ4n) is 1.89. The molecular formula is C16H29N3O2S2. The number of hydrogen-bond acceptors (Lipinski definition) is 4. The summed E-state index contributed by atoms with van der Waals surface area (Å²) >= 11 is 1.73. The Kier molecular flexibility index (Phi) is 6.65. The number of hydrogen-bond donors (Lipinski definition) is 2. The van der Waals surface area contributed by atoms with Gasteiger partial charge in [0, 0.05) is 30.4 Å². The lowest BCUT2D eigenvalue weighted by molar-refractivity contribution is 0.518. The van der Waals surface area contributed by atoms with E-state index in [0.717, 1.165) is 6.54 Å². The molecule has 0 aromatic carbocycles. The van der Waals surface area contributed by atoms with Crippen molar-refractivity contribution in [3.05, 3.63) is 22.4 Å². The first-order valence-corrected chi connectivity index (χ1v) is 10.2. The van der Waals surface area contributed by atoms with Crippen molar-refractivity contribution < 1.29 is 8.42 Å². The summed E-state index contributed by atoms with van der Waals surface area (Å²) in [5, 5.41) is 8.42. The highest BCUT2D eigenvalue weighted by Crippen LogP contribution is 2.26. The number of nitrogens with zero attached hydrogens (tertiary/aromatic N) is 1. The van der Waals surface area contributed by atoms with Gasteiger partial charge in [-0.05, 0) is 32.2 Å². The molecule has 0 unspecified atom stereocenters. The molecule has 132 valence electrons. The number of thiophene rings is 1. The lowest BCUT2D eigenvalue weighted by Crippen LogP contribution is -2.45. The van der Waals surface area contributed by atoms with E-state index in [4.69, 9.17) is 0 Å². The second kappa shape index (κ2) is 7.66. The van der Waals surface area contributed by atoms with Crippen molar-refractivity contribution in [1.82, 2.24) is 10.6 Å². The molecule has 0 saturated carbocycles. The molecule has 0 aliphatic rings. The number of rotatable bonds is 6. The van der Waals surface area contributed by atoms with Gasteiger partial charge in [0.05, 0.1) is 10.5 Å². The first kappa shape index (κ1) is 20.0. The SMILES string of the molecule is CN=C(NCCS(=O)(=O)C(C)(C)C)NCC(C)(C)c1cccs1. The Morgan fingerprint density at radius 3 is 2.35 bits per heavy atom. The molecule has 0 radical (unpaired) electrons. The Morgan fingerprint density at radius 2 is 1.87 bits per heavy atom. The third kappa shape index (κ3) is 5.80. The van der Waals surface area contributed by atoms with E-state index in [0.29, 0.717) is 12.5 Å². The molecule has 1 aromatic heterocycles. The molecule has 2 N–H and O–H groups in total. The zero-order valence-corrected chi connectivity index (χ0v) is 16.6. The highest BCUT2D eigenvalue weighted by molar-refractivity contribution is 7.92. The normalized spacial score (nSPS) is 13.9. The van der Waals surface area contributed by atoms with E-state index in [1.54, 1.807) is 39.2 Å². The molecule has 1 aromatic rings. The number of sulfone groups is 1. The van der Waals surface area contributed by atoms with Gasteiger partial charge in [0.25, 0.3) is 0 Å². The summed E-state index contributed by atoms with van der Waals surface area (Å²) in [6.07, 6.45) is 0. The van der Waals surface area contributed by atoms with Gasteiger partial charge in [-0.1, -0.05) is 19.9 Å². The van der Waals surface area contributed by atoms with Gasteiger partial charge in [0.1, 0.15) is 0 Å². The van der Waals surface area contributed by atoms with Crippen LogP contribution < -0.4 is 10.6 Å². The molecule has 0 fully saturated rings. The van der Waals surface area contributed by atoms with Crippen molar-refractivity contribution in [2.75, 3.05) is 25.9 Å². The third-order valence-corrected chi connectivity index (χ3v) is 7.55. The molecular weight excluding hydrogens is 330 g/mol. The standard InChI is InChI=1S/C16H29N3O2S2/c1-15(2,3)23(20,21)11-9-18-14(17-6)19-12-16(4,5)13-8-7-10-22-13/h7-8,10H,9,11-12H2,1-6H3,(H2,17,18,19). The molecule has 0 aliphatic heterocycles. The molecule has 1 heterocycles. The van der Waals surface area contributed by atoms with E-state index < -0.39 is 14.6 Å². The molecule has 0 bridgehead atoms. The maximum atomic E-state index is 12.1. The van der Waals surface area contributed by atoms with Crippen LogP contribution in [-0.2, 0) is 15.3 Å². The summed E-state index contributed by atoms with van der Waals surface area (Å²) in [7, 11) is -1.44. The molecule has 7 heteroatoms. The maximum Gasteiger partial charge on any atom is 0.191 e. The van der Waals surface area contributed by atoms with Crippen molar-refractivity contribution in [1.29, 1.82) is 0 Å². The van der Waals surface area contributed by atoms with E-state index in [1.165, 1.54) is 4.88 Å². The first-order chi connectivity index (χ1) is 10.5. The minimum atomic E-state index is -3.12. The summed E-state index contributed by atoms with van der Waals surface area (Å²) in [5.74, 6) is 0.713. The fourth-order valence-corrected chi connectivity index (χ4v) is 3.72. The summed E-state index contributed by atoms with van der Waals surface area (Å²) in [6, 6.07) is 4.17. The molecule has 0 amide bonds. The van der Waals surface area contributed by atoms with Gasteiger partial charge in [-0.15, -0.1) is 11.3 Å². The van der Waals surface area contributed by atoms with E-state index >= 15 is 0 Å². The van der Waals surface area contributed by atoms with Gasteiger partial charge in [-0.25, -0.2) is 8.42 Å². The molecule has 0 aliphatic carbocycles. The van der Waals surface area contributed by atoms with Crippen LogP contribution in [0.5, 0.6) is 0 Å². The average molecular weight is 360 g/mol. The van der Waals surface area contributed by atoms with Crippen molar-refractivity contribution in [3.8, 4) is 0 Å². The highest BCUT2D eigenvalue weighted by atomic mass is 32.2. The average Bonchev–Trinajstić information content (AvgIpc) is 2.96. The van der Waals surface area contributed by atoms with Crippen LogP contribution in [0.3, 0.4) is 0 Å². The monoisotopic (exact) mass is 359 g/mol. The highest BCUT2D eigenvalue weighted by Gasteiger charge is 2.28. The van der Waals surface area contributed by atoms with Crippen LogP contribution in [-0.4, -0.2) is 45.0 Å². The predicted molar refractivity (Wildman–Crippen MR) is 100 cm³/mol. The lowest BCUT2D eigenvalue weighted by Gasteiger charge is -2.25. The van der Waals surface area contributed by atoms with Gasteiger partial charge < -0.3 is 10.6 Å². The smallest absolute Gasteiger partial charge is 0.191 e. The minimum absolute atomic E-state index is 0.0106. The van der Waals surface area contributed by atoms with Crippen LogP contribution in [0.4, 0.5) is 0 Å². The summed E-state index contributed by atoms with van der Waals surface area (Å²) < 4.78 is 23.5. The molecule has 0 spiro atoms. The maximum absolute atomic E-state index is 12.1. The van der Waals surface area contributed by atoms with Crippen molar-refractivity contribution >= 4 is 27.1 Å². The second-order valence-electron chi connectivity index (χ2n) is 7.14. The fraction of sp³-hybridized carbons (Fsp3) is 0.688. The third-order valence-electron chi connectivity index (χ3n) is 3.71. The molecule has 1 rings (SSSR count). The second-order valence-corrected chi connectivity index (χ2v) is 11.0. The van der Waals surface area contributed by atoms with Gasteiger partial charge >= 0.3 is 0 Å². The van der Waals surface area contributed by atoms with Crippen LogP contribution >= 0.6 is 11.3 Å². The van der Waals surface area contributed by atoms with Gasteiger partial charge in [-0.3, -0.25) is 4.99 Å². The summed E-state index contributed by atoms with van der Waals surface area (Å²) in [4.78, 5) is 5.46. The van der Waals surface area contributed by atoms with Gasteiger partial charge in [0.2, 0.25) is 0 Å². The topological polar surface area (TPSA) is 70.6 Å². The van der Waals surface area contributed by atoms with Crippen molar-refractivity contribution in [2.45, 2.75) is 44.8 Å². The van der Waals surface area contributed by atoms with E-state index in [-0.39, 0.29) is 11.2 Å². The number of aliphatic imine (C=N–C) groups is 1. The Hall–Kier alpha value is -1.08. The quantitative estimate of drug-likeness (QED) is 0.604. The largest absolute Gasteiger partial charge is 0.356 e. The predicted octanol–water partition coefficient (Wildman–Crippen LogP) is 2.40. The Labute approximate surface area is 144 Å². The minimum Gasteiger partial charge on any atom is -0.356 e. The van der Waals surface area contributed by atoms with Crippen molar-refractivity contribution in [3.63, 3.8) is 0 Å². The number of nitrogens with one attached hydrogen (secondary N) is 2. The first-order valence-electron chi connectivity index (χ1n) is 7.70. The summed E-state index contributed by atoms with van der Waals surface area (Å²) in [6.45, 7) is 10.6. The molecule has 0 atom stereocenters. The Balaban J connectivity index is 2.51. The van der Waals surface area contributed by atoms with Crippen LogP contribution in [0, 0.1) is 0 Å². The van der Waals surface area contributed by atoms with Crippen LogP contribution in [0.15, 0.2) is 22.5 Å². The van der Waals surface area contributed by atoms with E-state index in [9.17, 15) is 8.42 Å². The van der Waals surface area contributed by atoms with Crippen molar-refractivity contribution in [2.24, 2.45) is 4.99 Å². The van der Waals surface area contributed by atoms with Crippen LogP contribution in [0.2, 0.25) is 0 Å². The van der Waals surface area contributed by atoms with Crippen LogP contribution in [0.1, 0.15) is 39.5 Å². The molecule has 5 nitrogen and oxygen atoms in total. The summed E-state index contributed by atoms with van der Waals surface area (Å²) in [5.41, 5.74) is -0.0106. The Bertz CT molecular complexity index is 612. The number of guanidine groups is 1. The lowest BCUT2D eigenvalue weighted by atomic mass is 9.91. The zero-order valence-electron chi connectivity index (χ0n) is 14.9. The zero-order chi connectivity index (χ0) is 17.7. The van der Waals surface area contributed by atoms with Crippen LogP contribution in [0.25, 0.3) is 0 Å². The van der Waals surface area contributed by atoms with E-state index in [1.807, 2.05) is 6.07 Å². The molecule has 23 heavy (non-hydrogen) atoms. The van der Waals surface area contributed by atoms with Gasteiger partial charge in [0.15, 0.2) is 15.8 Å². The van der Waals surface area contributed by atoms with E-state index in [2.05, 4.69) is 40.9 Å².